The molecule has 0 radical (unpaired) electrons. The van der Waals surface area contributed by atoms with Crippen molar-refractivity contribution in [3.05, 3.63) is 29.3 Å². The summed E-state index contributed by atoms with van der Waals surface area (Å²) in [7, 11) is 2.09. The molecule has 0 atom stereocenters. The lowest BCUT2D eigenvalue weighted by molar-refractivity contribution is 0.0916. The lowest BCUT2D eigenvalue weighted by Gasteiger charge is -2.29. The molecule has 4 nitrogen and oxygen atoms in total. The molecule has 2 rings (SSSR count). The number of aryl methyl sites for hydroxylation is 1. The van der Waals surface area contributed by atoms with Gasteiger partial charge in [0.1, 0.15) is 5.75 Å². The molecule has 18 heavy (non-hydrogen) atoms. The Morgan fingerprint density at radius 3 is 2.67 bits per heavy atom. The van der Waals surface area contributed by atoms with Gasteiger partial charge >= 0.3 is 0 Å². The number of hydrogen-bond donors (Lipinski definition) is 2. The summed E-state index contributed by atoms with van der Waals surface area (Å²) in [6.07, 6.45) is 1.97. The highest BCUT2D eigenvalue weighted by molar-refractivity contribution is 5.94. The standard InChI is InChI=1S/C14H20N2O2/c1-10-3-4-11(9-13(10)17)14(18)15-12-5-7-16(2)8-6-12/h3-4,9,12,17H,5-8H2,1-2H3,(H,15,18). The van der Waals surface area contributed by atoms with Crippen molar-refractivity contribution in [2.24, 2.45) is 0 Å². The summed E-state index contributed by atoms with van der Waals surface area (Å²) >= 11 is 0. The van der Waals surface area contributed by atoms with E-state index in [9.17, 15) is 9.90 Å². The molecular formula is C14H20N2O2. The summed E-state index contributed by atoms with van der Waals surface area (Å²) in [6, 6.07) is 5.29. The molecule has 4 heteroatoms. The number of phenols is 1. The van der Waals surface area contributed by atoms with Gasteiger partial charge in [0.05, 0.1) is 0 Å². The third-order valence-electron chi connectivity index (χ3n) is 3.53. The van der Waals surface area contributed by atoms with Gasteiger partial charge in [-0.05, 0) is 57.6 Å². The maximum atomic E-state index is 12.0. The number of piperidine rings is 1. The minimum atomic E-state index is -0.0974. The van der Waals surface area contributed by atoms with Crippen LogP contribution in [0.5, 0.6) is 5.75 Å². The van der Waals surface area contributed by atoms with E-state index in [-0.39, 0.29) is 17.7 Å². The van der Waals surface area contributed by atoms with Gasteiger partial charge < -0.3 is 15.3 Å². The molecule has 1 heterocycles. The molecule has 1 aromatic rings. The van der Waals surface area contributed by atoms with Crippen LogP contribution in [0.4, 0.5) is 0 Å². The van der Waals surface area contributed by atoms with E-state index in [2.05, 4.69) is 17.3 Å². The Kier molecular flexibility index (Phi) is 3.87. The van der Waals surface area contributed by atoms with Crippen molar-refractivity contribution in [1.29, 1.82) is 0 Å². The predicted molar refractivity (Wildman–Crippen MR) is 70.8 cm³/mol. The average molecular weight is 248 g/mol. The summed E-state index contributed by atoms with van der Waals surface area (Å²) in [4.78, 5) is 14.3. The maximum Gasteiger partial charge on any atom is 0.251 e. The molecule has 0 bridgehead atoms. The largest absolute Gasteiger partial charge is 0.508 e. The molecule has 1 aromatic carbocycles. The van der Waals surface area contributed by atoms with Crippen LogP contribution >= 0.6 is 0 Å². The topological polar surface area (TPSA) is 52.6 Å². The summed E-state index contributed by atoms with van der Waals surface area (Å²) < 4.78 is 0. The average Bonchev–Trinajstić information content (AvgIpc) is 2.35. The van der Waals surface area contributed by atoms with Crippen molar-refractivity contribution in [2.45, 2.75) is 25.8 Å². The second-order valence-corrected chi connectivity index (χ2v) is 5.05. The van der Waals surface area contributed by atoms with Crippen LogP contribution in [0.15, 0.2) is 18.2 Å². The van der Waals surface area contributed by atoms with Crippen molar-refractivity contribution in [2.75, 3.05) is 20.1 Å². The molecule has 1 saturated heterocycles. The number of nitrogens with zero attached hydrogens (tertiary/aromatic N) is 1. The van der Waals surface area contributed by atoms with Crippen LogP contribution in [0.2, 0.25) is 0 Å². The zero-order valence-electron chi connectivity index (χ0n) is 10.9. The van der Waals surface area contributed by atoms with Crippen LogP contribution < -0.4 is 5.32 Å². The van der Waals surface area contributed by atoms with E-state index in [4.69, 9.17) is 0 Å². The fourth-order valence-electron chi connectivity index (χ4n) is 2.17. The van der Waals surface area contributed by atoms with E-state index < -0.39 is 0 Å². The Hall–Kier alpha value is -1.55. The summed E-state index contributed by atoms with van der Waals surface area (Å²) in [5.41, 5.74) is 1.31. The Labute approximate surface area is 108 Å². The molecule has 1 aliphatic rings. The number of carbonyl (C=O) groups excluding carboxylic acids is 1. The van der Waals surface area contributed by atoms with Gasteiger partial charge in [-0.1, -0.05) is 6.07 Å². The molecule has 1 fully saturated rings. The quantitative estimate of drug-likeness (QED) is 0.834. The third kappa shape index (κ3) is 3.01. The van der Waals surface area contributed by atoms with Gasteiger partial charge in [0, 0.05) is 11.6 Å². The first kappa shape index (κ1) is 12.9. The number of hydrogen-bond acceptors (Lipinski definition) is 3. The molecule has 98 valence electrons. The van der Waals surface area contributed by atoms with Crippen LogP contribution in [-0.2, 0) is 0 Å². The second-order valence-electron chi connectivity index (χ2n) is 5.05. The Morgan fingerprint density at radius 1 is 1.39 bits per heavy atom. The maximum absolute atomic E-state index is 12.0. The van der Waals surface area contributed by atoms with Crippen molar-refractivity contribution in [1.82, 2.24) is 10.2 Å². The van der Waals surface area contributed by atoms with E-state index in [1.165, 1.54) is 6.07 Å². The van der Waals surface area contributed by atoms with Gasteiger partial charge in [-0.3, -0.25) is 4.79 Å². The lowest BCUT2D eigenvalue weighted by Crippen LogP contribution is -2.43. The van der Waals surface area contributed by atoms with Crippen molar-refractivity contribution in [3.8, 4) is 5.75 Å². The summed E-state index contributed by atoms with van der Waals surface area (Å²) in [5, 5.41) is 12.6. The van der Waals surface area contributed by atoms with Crippen molar-refractivity contribution >= 4 is 5.91 Å². The summed E-state index contributed by atoms with van der Waals surface area (Å²) in [6.45, 7) is 3.85. The summed E-state index contributed by atoms with van der Waals surface area (Å²) in [5.74, 6) is 0.0749. The van der Waals surface area contributed by atoms with Gasteiger partial charge in [0.25, 0.3) is 5.91 Å². The molecule has 2 N–H and O–H groups in total. The predicted octanol–water partition coefficient (Wildman–Crippen LogP) is 1.52. The number of rotatable bonds is 2. The molecule has 0 saturated carbocycles. The number of carbonyl (C=O) groups is 1. The normalized spacial score (nSPS) is 17.7. The minimum Gasteiger partial charge on any atom is -0.508 e. The zero-order valence-corrected chi connectivity index (χ0v) is 10.9. The van der Waals surface area contributed by atoms with Crippen molar-refractivity contribution < 1.29 is 9.90 Å². The van der Waals surface area contributed by atoms with E-state index in [0.29, 0.717) is 5.56 Å². The molecule has 0 unspecified atom stereocenters. The molecule has 0 spiro atoms. The highest BCUT2D eigenvalue weighted by Gasteiger charge is 2.19. The van der Waals surface area contributed by atoms with Crippen LogP contribution in [0.3, 0.4) is 0 Å². The van der Waals surface area contributed by atoms with Crippen LogP contribution in [0, 0.1) is 6.92 Å². The number of likely N-dealkylation sites (tertiary alicyclic amines) is 1. The van der Waals surface area contributed by atoms with E-state index in [0.717, 1.165) is 31.5 Å². The second kappa shape index (κ2) is 5.40. The number of aromatic hydroxyl groups is 1. The first-order valence-electron chi connectivity index (χ1n) is 6.35. The molecular weight excluding hydrogens is 228 g/mol. The first-order valence-corrected chi connectivity index (χ1v) is 6.35. The Balaban J connectivity index is 1.97. The zero-order chi connectivity index (χ0) is 13.1. The lowest BCUT2D eigenvalue weighted by atomic mass is 10.0. The van der Waals surface area contributed by atoms with E-state index in [1.54, 1.807) is 12.1 Å². The van der Waals surface area contributed by atoms with Gasteiger partial charge in [0.2, 0.25) is 0 Å². The molecule has 0 aliphatic carbocycles. The third-order valence-corrected chi connectivity index (χ3v) is 3.53. The smallest absolute Gasteiger partial charge is 0.251 e. The van der Waals surface area contributed by atoms with Crippen molar-refractivity contribution in [3.63, 3.8) is 0 Å². The van der Waals surface area contributed by atoms with Crippen LogP contribution in [0.1, 0.15) is 28.8 Å². The fraction of sp³-hybridized carbons (Fsp3) is 0.500. The van der Waals surface area contributed by atoms with Gasteiger partial charge in [-0.25, -0.2) is 0 Å². The first-order chi connectivity index (χ1) is 8.56. The van der Waals surface area contributed by atoms with Crippen LogP contribution in [-0.4, -0.2) is 42.1 Å². The number of phenolic OH excluding ortho intramolecular Hbond substituents is 1. The number of benzene rings is 1. The minimum absolute atomic E-state index is 0.0974. The SMILES string of the molecule is Cc1ccc(C(=O)NC2CCN(C)CC2)cc1O. The molecule has 1 amide bonds. The fourth-order valence-corrected chi connectivity index (χ4v) is 2.17. The molecule has 1 aliphatic heterocycles. The highest BCUT2D eigenvalue weighted by Crippen LogP contribution is 2.18. The van der Waals surface area contributed by atoms with Crippen LogP contribution in [0.25, 0.3) is 0 Å². The van der Waals surface area contributed by atoms with Gasteiger partial charge in [-0.15, -0.1) is 0 Å². The Bertz CT molecular complexity index is 437. The van der Waals surface area contributed by atoms with Gasteiger partial charge in [-0.2, -0.15) is 0 Å². The molecule has 0 aromatic heterocycles. The number of nitrogens with one attached hydrogen (secondary N) is 1. The van der Waals surface area contributed by atoms with Gasteiger partial charge in [0.15, 0.2) is 0 Å². The monoisotopic (exact) mass is 248 g/mol. The highest BCUT2D eigenvalue weighted by atomic mass is 16.3. The van der Waals surface area contributed by atoms with E-state index in [1.807, 2.05) is 6.92 Å². The van der Waals surface area contributed by atoms with E-state index >= 15 is 0 Å². The Morgan fingerprint density at radius 2 is 2.06 bits per heavy atom. The number of amides is 1.